The third-order valence-electron chi connectivity index (χ3n) is 3.31. The van der Waals surface area contributed by atoms with Crippen LogP contribution in [-0.2, 0) is 6.18 Å². The molecule has 0 saturated heterocycles. The molecule has 0 radical (unpaired) electrons. The van der Waals surface area contributed by atoms with Crippen LogP contribution in [0.2, 0.25) is 0 Å². The van der Waals surface area contributed by atoms with Crippen LogP contribution < -0.4 is 5.32 Å². The monoisotopic (exact) mass is 362 g/mol. The second kappa shape index (κ2) is 8.16. The lowest BCUT2D eigenvalue weighted by Gasteiger charge is -2.18. The number of alkyl halides is 3. The molecule has 9 heteroatoms. The number of hydrogen-bond donors (Lipinski definition) is 1. The first kappa shape index (κ1) is 20.0. The third-order valence-corrected chi connectivity index (χ3v) is 3.31. The molecule has 1 aromatic carbocycles. The number of amides is 1. The van der Waals surface area contributed by atoms with Gasteiger partial charge in [-0.3, -0.25) is 4.79 Å². The largest absolute Gasteiger partial charge is 0.434 e. The van der Waals surface area contributed by atoms with Crippen LogP contribution in [0.1, 0.15) is 16.1 Å². The highest BCUT2D eigenvalue weighted by Gasteiger charge is 2.41. The normalized spacial score (nSPS) is 11.0. The Labute approximate surface area is 143 Å². The van der Waals surface area contributed by atoms with Crippen molar-refractivity contribution in [1.82, 2.24) is 20.0 Å². The molecule has 132 valence electrons. The quantitative estimate of drug-likeness (QED) is 0.889. The molecule has 1 heterocycles. The minimum atomic E-state index is -4.69. The third kappa shape index (κ3) is 4.27. The number of para-hydroxylation sites is 1. The highest BCUT2D eigenvalue weighted by Crippen LogP contribution is 2.34. The van der Waals surface area contributed by atoms with E-state index in [9.17, 15) is 18.0 Å². The van der Waals surface area contributed by atoms with Gasteiger partial charge in [0.15, 0.2) is 5.69 Å². The van der Waals surface area contributed by atoms with E-state index in [1.165, 1.54) is 24.1 Å². The second-order valence-electron chi connectivity index (χ2n) is 4.98. The topological polar surface area (TPSA) is 50.2 Å². The molecule has 0 aliphatic rings. The van der Waals surface area contributed by atoms with Crippen molar-refractivity contribution in [1.29, 1.82) is 0 Å². The molecule has 0 spiro atoms. The Morgan fingerprint density at radius 3 is 2.46 bits per heavy atom. The lowest BCUT2D eigenvalue weighted by Crippen LogP contribution is -2.34. The molecule has 1 N–H and O–H groups in total. The van der Waals surface area contributed by atoms with E-state index in [-0.39, 0.29) is 18.1 Å². The number of likely N-dealkylation sites (N-methyl/N-ethyl adjacent to an activating group) is 2. The van der Waals surface area contributed by atoms with Crippen molar-refractivity contribution in [2.45, 2.75) is 6.18 Å². The summed E-state index contributed by atoms with van der Waals surface area (Å²) in [7, 11) is 3.16. The summed E-state index contributed by atoms with van der Waals surface area (Å²) in [6.07, 6.45) is -3.73. The number of benzene rings is 1. The predicted molar refractivity (Wildman–Crippen MR) is 86.7 cm³/mol. The van der Waals surface area contributed by atoms with Crippen molar-refractivity contribution in [3.63, 3.8) is 0 Å². The Hall–Kier alpha value is -2.06. The molecule has 1 aromatic heterocycles. The van der Waals surface area contributed by atoms with Gasteiger partial charge in [-0.2, -0.15) is 18.3 Å². The summed E-state index contributed by atoms with van der Waals surface area (Å²) < 4.78 is 41.1. The molecule has 0 fully saturated rings. The van der Waals surface area contributed by atoms with E-state index in [1.807, 2.05) is 0 Å². The maximum atomic E-state index is 13.5. The van der Waals surface area contributed by atoms with Gasteiger partial charge < -0.3 is 10.2 Å². The summed E-state index contributed by atoms with van der Waals surface area (Å²) in [5, 5.41) is 6.61. The number of carbonyl (C=O) groups is 1. The van der Waals surface area contributed by atoms with Crippen molar-refractivity contribution in [2.24, 2.45) is 0 Å². The first-order chi connectivity index (χ1) is 10.9. The summed E-state index contributed by atoms with van der Waals surface area (Å²) in [5.41, 5.74) is -1.28. The van der Waals surface area contributed by atoms with Gasteiger partial charge in [0, 0.05) is 20.1 Å². The maximum Gasteiger partial charge on any atom is 0.434 e. The number of nitrogens with zero attached hydrogens (tertiary/aromatic N) is 3. The van der Waals surface area contributed by atoms with Gasteiger partial charge in [-0.1, -0.05) is 18.2 Å². The molecule has 5 nitrogen and oxygen atoms in total. The molecular formula is C15H18ClF3N4O. The van der Waals surface area contributed by atoms with Crippen LogP contribution in [0.15, 0.2) is 36.5 Å². The summed E-state index contributed by atoms with van der Waals surface area (Å²) in [4.78, 5) is 13.5. The minimum absolute atomic E-state index is 0. The Morgan fingerprint density at radius 2 is 1.92 bits per heavy atom. The zero-order valence-electron chi connectivity index (χ0n) is 13.2. The average Bonchev–Trinajstić information content (AvgIpc) is 2.97. The minimum Gasteiger partial charge on any atom is -0.340 e. The Morgan fingerprint density at radius 1 is 1.29 bits per heavy atom. The summed E-state index contributed by atoms with van der Waals surface area (Å²) in [5.74, 6) is -0.713. The molecule has 0 aliphatic heterocycles. The fourth-order valence-corrected chi connectivity index (χ4v) is 2.13. The molecule has 1 amide bonds. The van der Waals surface area contributed by atoms with Crippen LogP contribution in [0.4, 0.5) is 13.2 Å². The molecular weight excluding hydrogens is 345 g/mol. The maximum absolute atomic E-state index is 13.5. The number of halogens is 4. The van der Waals surface area contributed by atoms with Crippen LogP contribution in [0, 0.1) is 0 Å². The van der Waals surface area contributed by atoms with Crippen molar-refractivity contribution >= 4 is 18.3 Å². The SMILES string of the molecule is CNCCN(C)C(=O)c1cnn(-c2ccccc2)c1C(F)(F)F.Cl. The van der Waals surface area contributed by atoms with E-state index in [0.717, 1.165) is 10.9 Å². The van der Waals surface area contributed by atoms with E-state index in [2.05, 4.69) is 10.4 Å². The number of aromatic nitrogens is 2. The highest BCUT2D eigenvalue weighted by molar-refractivity contribution is 5.95. The first-order valence-corrected chi connectivity index (χ1v) is 6.97. The van der Waals surface area contributed by atoms with E-state index in [0.29, 0.717) is 13.1 Å². The fraction of sp³-hybridized carbons (Fsp3) is 0.333. The standard InChI is InChI=1S/C15H17F3N4O.ClH/c1-19-8-9-21(2)14(23)12-10-20-22(13(12)15(16,17)18)11-6-4-3-5-7-11;/h3-7,10,19H,8-9H2,1-2H3;1H. The van der Waals surface area contributed by atoms with Crippen molar-refractivity contribution in [3.8, 4) is 5.69 Å². The summed E-state index contributed by atoms with van der Waals surface area (Å²) in [6.45, 7) is 0.777. The molecule has 0 bridgehead atoms. The van der Waals surface area contributed by atoms with Crippen molar-refractivity contribution in [3.05, 3.63) is 47.8 Å². The molecule has 0 saturated carbocycles. The highest BCUT2D eigenvalue weighted by atomic mass is 35.5. The van der Waals surface area contributed by atoms with Crippen LogP contribution in [0.25, 0.3) is 5.69 Å². The number of carbonyl (C=O) groups excluding carboxylic acids is 1. The van der Waals surface area contributed by atoms with E-state index in [1.54, 1.807) is 25.2 Å². The van der Waals surface area contributed by atoms with Gasteiger partial charge >= 0.3 is 6.18 Å². The molecule has 2 aromatic rings. The molecule has 2 rings (SSSR count). The zero-order chi connectivity index (χ0) is 17.0. The van der Waals surface area contributed by atoms with E-state index >= 15 is 0 Å². The van der Waals surface area contributed by atoms with Gasteiger partial charge in [-0.15, -0.1) is 12.4 Å². The van der Waals surface area contributed by atoms with E-state index < -0.39 is 23.3 Å². The Bertz CT molecular complexity index is 673. The van der Waals surface area contributed by atoms with Crippen molar-refractivity contribution < 1.29 is 18.0 Å². The smallest absolute Gasteiger partial charge is 0.340 e. The van der Waals surface area contributed by atoms with Gasteiger partial charge in [0.05, 0.1) is 17.4 Å². The summed E-state index contributed by atoms with van der Waals surface area (Å²) in [6, 6.07) is 7.91. The van der Waals surface area contributed by atoms with Crippen LogP contribution in [-0.4, -0.2) is 47.8 Å². The zero-order valence-corrected chi connectivity index (χ0v) is 14.0. The van der Waals surface area contributed by atoms with E-state index in [4.69, 9.17) is 0 Å². The number of hydrogen-bond acceptors (Lipinski definition) is 3. The van der Waals surface area contributed by atoms with Crippen LogP contribution in [0.3, 0.4) is 0 Å². The molecule has 0 aliphatic carbocycles. The number of nitrogens with one attached hydrogen (secondary N) is 1. The van der Waals surface area contributed by atoms with Crippen molar-refractivity contribution in [2.75, 3.05) is 27.2 Å². The number of rotatable bonds is 5. The lowest BCUT2D eigenvalue weighted by molar-refractivity contribution is -0.143. The Balaban J connectivity index is 0.00000288. The predicted octanol–water partition coefficient (Wildman–Crippen LogP) is 2.60. The molecule has 24 heavy (non-hydrogen) atoms. The van der Waals surface area contributed by atoms with Gasteiger partial charge in [-0.25, -0.2) is 4.68 Å². The van der Waals surface area contributed by atoms with Gasteiger partial charge in [-0.05, 0) is 19.2 Å². The fourth-order valence-electron chi connectivity index (χ4n) is 2.13. The second-order valence-corrected chi connectivity index (χ2v) is 4.98. The summed E-state index contributed by atoms with van der Waals surface area (Å²) >= 11 is 0. The molecule has 0 atom stereocenters. The van der Waals surface area contributed by atoms with Gasteiger partial charge in [0.2, 0.25) is 0 Å². The average molecular weight is 363 g/mol. The van der Waals surface area contributed by atoms with Gasteiger partial charge in [0.1, 0.15) is 0 Å². The van der Waals surface area contributed by atoms with Crippen LogP contribution in [0.5, 0.6) is 0 Å². The lowest BCUT2D eigenvalue weighted by atomic mass is 10.2. The van der Waals surface area contributed by atoms with Crippen LogP contribution >= 0.6 is 12.4 Å². The van der Waals surface area contributed by atoms with Gasteiger partial charge in [0.25, 0.3) is 5.91 Å². The Kier molecular flexibility index (Phi) is 6.80. The molecule has 0 unspecified atom stereocenters. The first-order valence-electron chi connectivity index (χ1n) is 6.97.